The number of aryl methyl sites for hydroxylation is 2. The highest BCUT2D eigenvalue weighted by atomic mass is 16.5. The van der Waals surface area contributed by atoms with Gasteiger partial charge in [0.2, 0.25) is 0 Å². The number of pyridine rings is 1. The second kappa shape index (κ2) is 11.8. The van der Waals surface area contributed by atoms with Gasteiger partial charge >= 0.3 is 0 Å². The third-order valence-electron chi connectivity index (χ3n) is 7.41. The number of rotatable bonds is 9. The lowest BCUT2D eigenvalue weighted by Crippen LogP contribution is -2.50. The zero-order valence-corrected chi connectivity index (χ0v) is 22.8. The average Bonchev–Trinajstić information content (AvgIpc) is 3.71. The number of tetrazole rings is 1. The van der Waals surface area contributed by atoms with Gasteiger partial charge in [0.15, 0.2) is 11.6 Å². The van der Waals surface area contributed by atoms with Crippen molar-refractivity contribution in [2.24, 2.45) is 0 Å². The van der Waals surface area contributed by atoms with Gasteiger partial charge in [-0.15, -0.1) is 5.10 Å². The number of amides is 1. The molecule has 6 rings (SSSR count). The van der Waals surface area contributed by atoms with E-state index in [0.717, 1.165) is 23.1 Å². The number of hydrogen-bond donors (Lipinski definition) is 1. The Bertz CT molecular complexity index is 1670. The van der Waals surface area contributed by atoms with Crippen LogP contribution in [0, 0.1) is 0 Å². The molecule has 1 aliphatic heterocycles. The Morgan fingerprint density at radius 3 is 2.63 bits per heavy atom. The van der Waals surface area contributed by atoms with Gasteiger partial charge in [0, 0.05) is 49.2 Å². The monoisotopic (exact) mass is 553 g/mol. The lowest BCUT2D eigenvalue weighted by Gasteiger charge is -2.38. The molecule has 1 amide bonds. The van der Waals surface area contributed by atoms with Gasteiger partial charge in [0.1, 0.15) is 11.8 Å². The van der Waals surface area contributed by atoms with Crippen molar-refractivity contribution < 1.29 is 13.9 Å². The first-order valence-electron chi connectivity index (χ1n) is 13.8. The molecule has 41 heavy (non-hydrogen) atoms. The minimum atomic E-state index is -0.523. The SMILES string of the molecule is CCOc1ccc2[nH]c(=O)c([C@@H](c3nnnn3CCc3ccccc3)N3CCN(C(=O)c4ccco4)CC3)cc2c1. The molecule has 3 aromatic heterocycles. The van der Waals surface area contributed by atoms with Gasteiger partial charge in [-0.3, -0.25) is 14.5 Å². The molecule has 1 N–H and O–H groups in total. The smallest absolute Gasteiger partial charge is 0.289 e. The van der Waals surface area contributed by atoms with Crippen LogP contribution >= 0.6 is 0 Å². The second-order valence-corrected chi connectivity index (χ2v) is 9.94. The minimum absolute atomic E-state index is 0.147. The number of nitrogens with one attached hydrogen (secondary N) is 1. The van der Waals surface area contributed by atoms with Crippen molar-refractivity contribution in [2.75, 3.05) is 32.8 Å². The molecule has 1 fully saturated rings. The van der Waals surface area contributed by atoms with Crippen LogP contribution in [0.4, 0.5) is 0 Å². The zero-order valence-electron chi connectivity index (χ0n) is 22.8. The minimum Gasteiger partial charge on any atom is -0.494 e. The first-order chi connectivity index (χ1) is 20.1. The summed E-state index contributed by atoms with van der Waals surface area (Å²) >= 11 is 0. The van der Waals surface area contributed by atoms with Crippen LogP contribution in [-0.2, 0) is 13.0 Å². The first-order valence-corrected chi connectivity index (χ1v) is 13.8. The summed E-state index contributed by atoms with van der Waals surface area (Å²) in [6.07, 6.45) is 2.24. The van der Waals surface area contributed by atoms with Crippen molar-refractivity contribution in [1.29, 1.82) is 0 Å². The lowest BCUT2D eigenvalue weighted by atomic mass is 10.0. The van der Waals surface area contributed by atoms with Crippen LogP contribution in [0.2, 0.25) is 0 Å². The van der Waals surface area contributed by atoms with Gasteiger partial charge in [-0.1, -0.05) is 30.3 Å². The van der Waals surface area contributed by atoms with E-state index in [-0.39, 0.29) is 11.5 Å². The molecule has 0 radical (unpaired) electrons. The highest BCUT2D eigenvalue weighted by Gasteiger charge is 2.34. The molecule has 1 aliphatic rings. The molecule has 1 atom stereocenters. The van der Waals surface area contributed by atoms with Crippen LogP contribution in [0.15, 0.2) is 82.2 Å². The van der Waals surface area contributed by atoms with E-state index < -0.39 is 6.04 Å². The molecule has 0 saturated carbocycles. The third kappa shape index (κ3) is 5.62. The molecule has 0 unspecified atom stereocenters. The maximum Gasteiger partial charge on any atom is 0.289 e. The number of carbonyl (C=O) groups excluding carboxylic acids is 1. The maximum absolute atomic E-state index is 13.6. The van der Waals surface area contributed by atoms with E-state index >= 15 is 0 Å². The molecule has 1 saturated heterocycles. The van der Waals surface area contributed by atoms with Gasteiger partial charge in [0.25, 0.3) is 11.5 Å². The van der Waals surface area contributed by atoms with Crippen LogP contribution in [0.25, 0.3) is 10.9 Å². The van der Waals surface area contributed by atoms with Crippen molar-refractivity contribution >= 4 is 16.8 Å². The number of nitrogens with zero attached hydrogens (tertiary/aromatic N) is 6. The second-order valence-electron chi connectivity index (χ2n) is 9.94. The summed E-state index contributed by atoms with van der Waals surface area (Å²) in [5.74, 6) is 1.48. The first kappa shape index (κ1) is 26.5. The number of H-pyrrole nitrogens is 1. The Kier molecular flexibility index (Phi) is 7.59. The average molecular weight is 554 g/mol. The molecule has 2 aromatic carbocycles. The van der Waals surface area contributed by atoms with Crippen LogP contribution in [-0.4, -0.2) is 73.7 Å². The molecule has 0 spiro atoms. The fourth-order valence-electron chi connectivity index (χ4n) is 5.35. The highest BCUT2D eigenvalue weighted by Crippen LogP contribution is 2.29. The van der Waals surface area contributed by atoms with Gasteiger partial charge in [-0.25, -0.2) is 4.68 Å². The summed E-state index contributed by atoms with van der Waals surface area (Å²) in [4.78, 5) is 33.5. The van der Waals surface area contributed by atoms with Crippen LogP contribution in [0.1, 0.15) is 40.5 Å². The fourth-order valence-corrected chi connectivity index (χ4v) is 5.35. The van der Waals surface area contributed by atoms with Gasteiger partial charge in [0.05, 0.1) is 12.9 Å². The maximum atomic E-state index is 13.6. The Morgan fingerprint density at radius 1 is 1.05 bits per heavy atom. The van der Waals surface area contributed by atoms with Crippen molar-refractivity contribution in [3.63, 3.8) is 0 Å². The van der Waals surface area contributed by atoms with E-state index in [1.54, 1.807) is 21.7 Å². The number of fused-ring (bicyclic) bond motifs is 1. The summed E-state index contributed by atoms with van der Waals surface area (Å²) in [5, 5.41) is 13.6. The topological polar surface area (TPSA) is 122 Å². The third-order valence-corrected chi connectivity index (χ3v) is 7.41. The molecule has 0 bridgehead atoms. The molecule has 5 aromatic rings. The standard InChI is InChI=1S/C30H31N7O4/c1-2-40-23-10-11-25-22(19-23)20-24(29(38)31-25)27(28-32-33-34-37(28)13-12-21-7-4-3-5-8-21)35-14-16-36(17-15-35)30(39)26-9-6-18-41-26/h3-11,18-20,27H,2,12-17H2,1H3,(H,31,38)/t27-/m0/s1. The largest absolute Gasteiger partial charge is 0.494 e. The quantitative estimate of drug-likeness (QED) is 0.295. The number of piperazine rings is 1. The van der Waals surface area contributed by atoms with Crippen LogP contribution in [0.5, 0.6) is 5.75 Å². The molecule has 11 nitrogen and oxygen atoms in total. The summed E-state index contributed by atoms with van der Waals surface area (Å²) < 4.78 is 12.8. The molecule has 4 heterocycles. The van der Waals surface area contributed by atoms with E-state index in [1.807, 2.05) is 49.4 Å². The number of hydrogen-bond acceptors (Lipinski definition) is 8. The van der Waals surface area contributed by atoms with E-state index in [1.165, 1.54) is 11.8 Å². The predicted octanol–water partition coefficient (Wildman–Crippen LogP) is 3.30. The number of ether oxygens (including phenoxy) is 1. The number of carbonyl (C=O) groups is 1. The number of aromatic amines is 1. The Hall–Kier alpha value is -4.77. The van der Waals surface area contributed by atoms with Gasteiger partial charge < -0.3 is 19.0 Å². The Morgan fingerprint density at radius 2 is 1.88 bits per heavy atom. The summed E-state index contributed by atoms with van der Waals surface area (Å²) in [6, 6.07) is 20.5. The van der Waals surface area contributed by atoms with Crippen molar-refractivity contribution in [2.45, 2.75) is 25.9 Å². The summed E-state index contributed by atoms with van der Waals surface area (Å²) in [7, 11) is 0. The van der Waals surface area contributed by atoms with Crippen molar-refractivity contribution in [1.82, 2.24) is 35.0 Å². The number of furan rings is 1. The normalized spacial score (nSPS) is 14.8. The van der Waals surface area contributed by atoms with Gasteiger partial charge in [-0.05, 0) is 65.7 Å². The number of benzene rings is 2. The number of aromatic nitrogens is 5. The van der Waals surface area contributed by atoms with Crippen molar-refractivity contribution in [3.05, 3.63) is 106 Å². The summed E-state index contributed by atoms with van der Waals surface area (Å²) in [6.45, 7) is 5.03. The molecule has 11 heteroatoms. The fraction of sp³-hybridized carbons (Fsp3) is 0.300. The highest BCUT2D eigenvalue weighted by molar-refractivity contribution is 5.91. The van der Waals surface area contributed by atoms with Crippen molar-refractivity contribution in [3.8, 4) is 5.75 Å². The molecular weight excluding hydrogens is 522 g/mol. The predicted molar refractivity (Wildman–Crippen MR) is 152 cm³/mol. The summed E-state index contributed by atoms with van der Waals surface area (Å²) in [5.41, 5.74) is 2.21. The zero-order chi connectivity index (χ0) is 28.2. The van der Waals surface area contributed by atoms with E-state index in [0.29, 0.717) is 56.5 Å². The Balaban J connectivity index is 1.35. The molecule has 210 valence electrons. The van der Waals surface area contributed by atoms with E-state index in [2.05, 4.69) is 37.5 Å². The van der Waals surface area contributed by atoms with Crippen LogP contribution in [0.3, 0.4) is 0 Å². The lowest BCUT2D eigenvalue weighted by molar-refractivity contribution is 0.0558. The Labute approximate surface area is 236 Å². The van der Waals surface area contributed by atoms with Gasteiger partial charge in [-0.2, -0.15) is 0 Å². The molecule has 0 aliphatic carbocycles. The molecular formula is C30H31N7O4. The van der Waals surface area contributed by atoms with E-state index in [9.17, 15) is 9.59 Å². The van der Waals surface area contributed by atoms with E-state index in [4.69, 9.17) is 9.15 Å². The van der Waals surface area contributed by atoms with Crippen LogP contribution < -0.4 is 10.3 Å².